The summed E-state index contributed by atoms with van der Waals surface area (Å²) in [4.78, 5) is -0.171. The third kappa shape index (κ3) is 5.36. The second kappa shape index (κ2) is 6.99. The number of benzene rings is 1. The Morgan fingerprint density at radius 1 is 1.16 bits per heavy atom. The quantitative estimate of drug-likeness (QED) is 0.581. The molecule has 0 bridgehead atoms. The third-order valence-electron chi connectivity index (χ3n) is 2.03. The van der Waals surface area contributed by atoms with E-state index in [-0.39, 0.29) is 33.4 Å². The van der Waals surface area contributed by atoms with Gasteiger partial charge in [-0.1, -0.05) is 23.2 Å². The van der Waals surface area contributed by atoms with Gasteiger partial charge in [0.05, 0.1) is 27.7 Å². The monoisotopic (exact) mass is 346 g/mol. The summed E-state index contributed by atoms with van der Waals surface area (Å²) >= 11 is 11.8. The van der Waals surface area contributed by atoms with E-state index in [4.69, 9.17) is 43.4 Å². The third-order valence-corrected chi connectivity index (χ3v) is 3.93. The van der Waals surface area contributed by atoms with E-state index >= 15 is 0 Å². The van der Waals surface area contributed by atoms with E-state index in [1.54, 1.807) is 0 Å². The first kappa shape index (κ1) is 16.9. The number of hydrogen-bond donors (Lipinski definition) is 0. The second-order valence-corrected chi connectivity index (χ2v) is 7.30. The van der Waals surface area contributed by atoms with Crippen LogP contribution in [0.3, 0.4) is 0 Å². The van der Waals surface area contributed by atoms with Crippen molar-refractivity contribution in [3.8, 4) is 5.75 Å². The van der Waals surface area contributed by atoms with E-state index < -0.39 is 9.05 Å². The van der Waals surface area contributed by atoms with Gasteiger partial charge in [-0.15, -0.1) is 0 Å². The van der Waals surface area contributed by atoms with Crippen molar-refractivity contribution in [1.82, 2.24) is 0 Å². The van der Waals surface area contributed by atoms with E-state index in [0.29, 0.717) is 6.61 Å². The second-order valence-electron chi connectivity index (χ2n) is 3.92. The summed E-state index contributed by atoms with van der Waals surface area (Å²) in [7, 11) is 1.33. The van der Waals surface area contributed by atoms with Crippen LogP contribution in [0.5, 0.6) is 5.75 Å². The Morgan fingerprint density at radius 3 is 2.11 bits per heavy atom. The van der Waals surface area contributed by atoms with Crippen molar-refractivity contribution in [3.05, 3.63) is 22.2 Å². The maximum Gasteiger partial charge on any atom is 0.261 e. The Labute approximate surface area is 127 Å². The van der Waals surface area contributed by atoms with E-state index in [0.717, 1.165) is 0 Å². The minimum atomic E-state index is -3.88. The summed E-state index contributed by atoms with van der Waals surface area (Å²) in [6.45, 7) is 4.44. The Bertz CT molecular complexity index is 520. The molecule has 1 aromatic carbocycles. The summed E-state index contributed by atoms with van der Waals surface area (Å²) in [5, 5.41) is 0.160. The van der Waals surface area contributed by atoms with Gasteiger partial charge in [0.25, 0.3) is 9.05 Å². The molecule has 0 fully saturated rings. The Kier molecular flexibility index (Phi) is 6.20. The molecule has 0 heterocycles. The van der Waals surface area contributed by atoms with E-state index in [2.05, 4.69) is 0 Å². The van der Waals surface area contributed by atoms with Crippen LogP contribution >= 0.6 is 33.9 Å². The molecule has 0 aromatic heterocycles. The number of halogens is 3. The van der Waals surface area contributed by atoms with Crippen molar-refractivity contribution in [2.24, 2.45) is 0 Å². The van der Waals surface area contributed by atoms with Crippen LogP contribution in [0.15, 0.2) is 17.0 Å². The van der Waals surface area contributed by atoms with Crippen LogP contribution in [0.1, 0.15) is 13.8 Å². The number of ether oxygens (including phenoxy) is 2. The summed E-state index contributed by atoms with van der Waals surface area (Å²) in [5.41, 5.74) is 0. The molecule has 1 rings (SSSR count). The normalized spacial score (nSPS) is 11.9. The lowest BCUT2D eigenvalue weighted by atomic mass is 10.3. The molecule has 19 heavy (non-hydrogen) atoms. The van der Waals surface area contributed by atoms with Crippen LogP contribution in [0.2, 0.25) is 10.0 Å². The van der Waals surface area contributed by atoms with Gasteiger partial charge in [0.2, 0.25) is 0 Å². The molecule has 0 radical (unpaired) electrons. The summed E-state index contributed by atoms with van der Waals surface area (Å²) in [6, 6.07) is 2.38. The van der Waals surface area contributed by atoms with Gasteiger partial charge in [0.15, 0.2) is 5.75 Å². The van der Waals surface area contributed by atoms with Crippen LogP contribution in [-0.4, -0.2) is 27.7 Å². The predicted octanol–water partition coefficient (Wildman–Crippen LogP) is 3.72. The molecule has 0 aliphatic carbocycles. The summed E-state index contributed by atoms with van der Waals surface area (Å²) in [5.74, 6) is 0.208. The van der Waals surface area contributed by atoms with Gasteiger partial charge in [-0.2, -0.15) is 0 Å². The van der Waals surface area contributed by atoms with Gasteiger partial charge in [-0.3, -0.25) is 0 Å². The minimum absolute atomic E-state index is 0.0799. The molecule has 0 saturated carbocycles. The topological polar surface area (TPSA) is 52.6 Å². The van der Waals surface area contributed by atoms with Gasteiger partial charge in [0.1, 0.15) is 6.61 Å². The van der Waals surface area contributed by atoms with Crippen LogP contribution in [0.4, 0.5) is 0 Å². The average Bonchev–Trinajstić information content (AvgIpc) is 2.25. The molecule has 4 nitrogen and oxygen atoms in total. The minimum Gasteiger partial charge on any atom is -0.488 e. The standard InChI is InChI=1S/C11H13Cl3O4S/c1-7(2)17-3-4-18-11-9(12)5-8(6-10(11)13)19(14,15)16/h5-7H,3-4H2,1-2H3. The van der Waals surface area contributed by atoms with Crippen LogP contribution in [0, 0.1) is 0 Å². The zero-order chi connectivity index (χ0) is 14.6. The summed E-state index contributed by atoms with van der Waals surface area (Å²) in [6.07, 6.45) is 0.0957. The van der Waals surface area contributed by atoms with Gasteiger partial charge >= 0.3 is 0 Å². The maximum atomic E-state index is 11.2. The highest BCUT2D eigenvalue weighted by Gasteiger charge is 2.16. The maximum absolute atomic E-state index is 11.2. The lowest BCUT2D eigenvalue weighted by Gasteiger charge is -2.12. The molecular formula is C11H13Cl3O4S. The number of rotatable bonds is 6. The molecule has 0 atom stereocenters. The molecule has 0 saturated heterocycles. The first-order chi connectivity index (χ1) is 8.71. The highest BCUT2D eigenvalue weighted by molar-refractivity contribution is 8.13. The Morgan fingerprint density at radius 2 is 1.68 bits per heavy atom. The molecular weight excluding hydrogens is 335 g/mol. The molecule has 0 aliphatic heterocycles. The highest BCUT2D eigenvalue weighted by atomic mass is 35.7. The van der Waals surface area contributed by atoms with Gasteiger partial charge in [-0.25, -0.2) is 8.42 Å². The van der Waals surface area contributed by atoms with E-state index in [1.165, 1.54) is 12.1 Å². The first-order valence-electron chi connectivity index (χ1n) is 5.40. The van der Waals surface area contributed by atoms with E-state index in [1.807, 2.05) is 13.8 Å². The molecule has 0 unspecified atom stereocenters. The van der Waals surface area contributed by atoms with Gasteiger partial charge in [0, 0.05) is 10.7 Å². The SMILES string of the molecule is CC(C)OCCOc1c(Cl)cc(S(=O)(=O)Cl)cc1Cl. The fraction of sp³-hybridized carbons (Fsp3) is 0.455. The van der Waals surface area contributed by atoms with Crippen molar-refractivity contribution in [3.63, 3.8) is 0 Å². The Balaban J connectivity index is 2.81. The first-order valence-corrected chi connectivity index (χ1v) is 8.46. The molecule has 1 aromatic rings. The van der Waals surface area contributed by atoms with Gasteiger partial charge in [-0.05, 0) is 26.0 Å². The van der Waals surface area contributed by atoms with Crippen LogP contribution in [0.25, 0.3) is 0 Å². The van der Waals surface area contributed by atoms with Gasteiger partial charge < -0.3 is 9.47 Å². The zero-order valence-corrected chi connectivity index (χ0v) is 13.4. The number of hydrogen-bond acceptors (Lipinski definition) is 4. The van der Waals surface area contributed by atoms with Crippen molar-refractivity contribution in [1.29, 1.82) is 0 Å². The highest BCUT2D eigenvalue weighted by Crippen LogP contribution is 2.36. The molecule has 0 spiro atoms. The predicted molar refractivity (Wildman–Crippen MR) is 76.1 cm³/mol. The molecule has 0 aliphatic rings. The van der Waals surface area contributed by atoms with Crippen molar-refractivity contribution in [2.75, 3.05) is 13.2 Å². The average molecular weight is 348 g/mol. The van der Waals surface area contributed by atoms with Crippen molar-refractivity contribution >= 4 is 42.9 Å². The molecule has 0 amide bonds. The fourth-order valence-corrected chi connectivity index (χ4v) is 2.75. The fourth-order valence-electron chi connectivity index (χ4n) is 1.24. The molecule has 8 heteroatoms. The molecule has 0 N–H and O–H groups in total. The summed E-state index contributed by atoms with van der Waals surface area (Å²) < 4.78 is 33.0. The largest absolute Gasteiger partial charge is 0.488 e. The zero-order valence-electron chi connectivity index (χ0n) is 10.3. The van der Waals surface area contributed by atoms with Crippen LogP contribution in [-0.2, 0) is 13.8 Å². The van der Waals surface area contributed by atoms with E-state index in [9.17, 15) is 8.42 Å². The Hall–Kier alpha value is -0.200. The smallest absolute Gasteiger partial charge is 0.261 e. The lowest BCUT2D eigenvalue weighted by molar-refractivity contribution is 0.0553. The lowest BCUT2D eigenvalue weighted by Crippen LogP contribution is -2.11. The van der Waals surface area contributed by atoms with Crippen LogP contribution < -0.4 is 4.74 Å². The van der Waals surface area contributed by atoms with Crippen molar-refractivity contribution < 1.29 is 17.9 Å². The molecule has 108 valence electrons. The van der Waals surface area contributed by atoms with Crippen molar-refractivity contribution in [2.45, 2.75) is 24.8 Å².